The van der Waals surface area contributed by atoms with E-state index in [-0.39, 0.29) is 11.9 Å². The first-order valence-corrected chi connectivity index (χ1v) is 9.28. The van der Waals surface area contributed by atoms with Crippen LogP contribution in [0.5, 0.6) is 0 Å². The number of nitrogens with one attached hydrogen (secondary N) is 1. The van der Waals surface area contributed by atoms with Crippen LogP contribution in [0.4, 0.5) is 16.0 Å². The number of rotatable bonds is 4. The summed E-state index contributed by atoms with van der Waals surface area (Å²) in [5, 5.41) is 3.37. The fourth-order valence-electron chi connectivity index (χ4n) is 3.96. The van der Waals surface area contributed by atoms with Crippen molar-refractivity contribution < 1.29 is 4.39 Å². The van der Waals surface area contributed by atoms with Gasteiger partial charge >= 0.3 is 0 Å². The van der Waals surface area contributed by atoms with Gasteiger partial charge in [-0.25, -0.2) is 14.4 Å². The minimum absolute atomic E-state index is 0.124. The second-order valence-electron chi connectivity index (χ2n) is 6.88. The lowest BCUT2D eigenvalue weighted by Crippen LogP contribution is -2.49. The molecule has 3 N–H and O–H groups in total. The summed E-state index contributed by atoms with van der Waals surface area (Å²) in [7, 11) is 0. The molecule has 2 aliphatic rings. The van der Waals surface area contributed by atoms with Crippen LogP contribution >= 0.6 is 0 Å². The van der Waals surface area contributed by atoms with Gasteiger partial charge in [0, 0.05) is 50.9 Å². The Morgan fingerprint density at radius 1 is 1.12 bits per heavy atom. The summed E-state index contributed by atoms with van der Waals surface area (Å²) in [5.74, 6) is 1.83. The Labute approximate surface area is 153 Å². The van der Waals surface area contributed by atoms with Gasteiger partial charge in [0.15, 0.2) is 0 Å². The Hall–Kier alpha value is -2.25. The molecule has 1 aromatic carbocycles. The van der Waals surface area contributed by atoms with Crippen molar-refractivity contribution in [3.05, 3.63) is 47.5 Å². The summed E-state index contributed by atoms with van der Waals surface area (Å²) in [6.07, 6.45) is 3.80. The number of piperazine rings is 1. The largest absolute Gasteiger partial charge is 0.370 e. The van der Waals surface area contributed by atoms with Crippen LogP contribution in [0.25, 0.3) is 0 Å². The van der Waals surface area contributed by atoms with E-state index >= 15 is 0 Å². The summed E-state index contributed by atoms with van der Waals surface area (Å²) in [6.45, 7) is 5.13. The molecule has 0 spiro atoms. The number of nitrogens with two attached hydrogens (primary N) is 1. The van der Waals surface area contributed by atoms with Gasteiger partial charge in [-0.2, -0.15) is 0 Å². The summed E-state index contributed by atoms with van der Waals surface area (Å²) in [6, 6.07) is 6.82. The molecule has 6 nitrogen and oxygen atoms in total. The first-order valence-electron chi connectivity index (χ1n) is 9.28. The number of fused-ring (bicyclic) bond motifs is 1. The van der Waals surface area contributed by atoms with Gasteiger partial charge in [-0.3, -0.25) is 4.90 Å². The maximum Gasteiger partial charge on any atom is 0.137 e. The fraction of sp³-hybridized carbons (Fsp3) is 0.474. The van der Waals surface area contributed by atoms with E-state index in [0.717, 1.165) is 62.8 Å². The first kappa shape index (κ1) is 17.2. The second-order valence-corrected chi connectivity index (χ2v) is 6.88. The van der Waals surface area contributed by atoms with Crippen LogP contribution in [0.3, 0.4) is 0 Å². The molecule has 1 fully saturated rings. The highest BCUT2D eigenvalue weighted by molar-refractivity contribution is 5.60. The van der Waals surface area contributed by atoms with Crippen LogP contribution in [0.15, 0.2) is 30.6 Å². The van der Waals surface area contributed by atoms with Gasteiger partial charge in [-0.15, -0.1) is 0 Å². The smallest absolute Gasteiger partial charge is 0.137 e. The Morgan fingerprint density at radius 2 is 1.88 bits per heavy atom. The van der Waals surface area contributed by atoms with Crippen molar-refractivity contribution in [3.8, 4) is 0 Å². The van der Waals surface area contributed by atoms with Gasteiger partial charge in [0.05, 0.1) is 0 Å². The standard InChI is InChI=1S/C19H25FN6/c20-15-5-3-14(4-6-15)17(12-21)25-8-10-26(11-9-25)19-16-2-1-7-22-18(16)23-13-24-19/h3-6,13,17H,1-2,7-12,21H2,(H,22,23,24). The molecule has 4 rings (SSSR count). The van der Waals surface area contributed by atoms with Gasteiger partial charge in [-0.05, 0) is 30.5 Å². The van der Waals surface area contributed by atoms with E-state index in [4.69, 9.17) is 5.73 Å². The molecule has 2 aromatic rings. The third kappa shape index (κ3) is 3.37. The highest BCUT2D eigenvalue weighted by atomic mass is 19.1. The summed E-state index contributed by atoms with van der Waals surface area (Å²) >= 11 is 0. The number of halogens is 1. The van der Waals surface area contributed by atoms with E-state index in [1.54, 1.807) is 6.33 Å². The Kier molecular flexibility index (Phi) is 4.99. The molecule has 0 radical (unpaired) electrons. The maximum atomic E-state index is 13.2. The molecule has 0 saturated carbocycles. The molecule has 26 heavy (non-hydrogen) atoms. The van der Waals surface area contributed by atoms with Crippen molar-refractivity contribution in [1.82, 2.24) is 14.9 Å². The third-order valence-electron chi connectivity index (χ3n) is 5.35. The number of benzene rings is 1. The molecule has 1 atom stereocenters. The average molecular weight is 356 g/mol. The minimum Gasteiger partial charge on any atom is -0.370 e. The second kappa shape index (κ2) is 7.55. The summed E-state index contributed by atoms with van der Waals surface area (Å²) in [5.41, 5.74) is 8.34. The molecule has 3 heterocycles. The lowest BCUT2D eigenvalue weighted by molar-refractivity contribution is 0.189. The normalized spacial score (nSPS) is 18.9. The third-order valence-corrected chi connectivity index (χ3v) is 5.35. The fourth-order valence-corrected chi connectivity index (χ4v) is 3.96. The van der Waals surface area contributed by atoms with Crippen molar-refractivity contribution in [2.75, 3.05) is 49.5 Å². The maximum absolute atomic E-state index is 13.2. The van der Waals surface area contributed by atoms with Gasteiger partial charge < -0.3 is 16.0 Å². The number of hydrogen-bond donors (Lipinski definition) is 2. The van der Waals surface area contributed by atoms with E-state index < -0.39 is 0 Å². The predicted octanol–water partition coefficient (Wildman–Crippen LogP) is 1.80. The van der Waals surface area contributed by atoms with E-state index in [9.17, 15) is 4.39 Å². The van der Waals surface area contributed by atoms with Crippen molar-refractivity contribution in [3.63, 3.8) is 0 Å². The zero-order valence-corrected chi connectivity index (χ0v) is 14.9. The van der Waals surface area contributed by atoms with Crippen LogP contribution in [0.1, 0.15) is 23.6 Å². The number of nitrogens with zero attached hydrogens (tertiary/aromatic N) is 4. The van der Waals surface area contributed by atoms with Gasteiger partial charge in [0.1, 0.15) is 23.8 Å². The molecule has 1 unspecified atom stereocenters. The Balaban J connectivity index is 1.46. The van der Waals surface area contributed by atoms with E-state index in [1.165, 1.54) is 17.7 Å². The average Bonchev–Trinajstić information content (AvgIpc) is 2.70. The van der Waals surface area contributed by atoms with E-state index in [2.05, 4.69) is 25.1 Å². The summed E-state index contributed by atoms with van der Waals surface area (Å²) < 4.78 is 13.2. The number of aromatic nitrogens is 2. The molecule has 0 bridgehead atoms. The molecule has 0 aliphatic carbocycles. The van der Waals surface area contributed by atoms with Crippen LogP contribution in [0, 0.1) is 5.82 Å². The molecule has 2 aliphatic heterocycles. The molecular formula is C19H25FN6. The van der Waals surface area contributed by atoms with Crippen LogP contribution in [0.2, 0.25) is 0 Å². The van der Waals surface area contributed by atoms with Crippen molar-refractivity contribution in [2.45, 2.75) is 18.9 Å². The zero-order valence-electron chi connectivity index (χ0n) is 14.9. The lowest BCUT2D eigenvalue weighted by atomic mass is 10.0. The number of anilines is 2. The lowest BCUT2D eigenvalue weighted by Gasteiger charge is -2.40. The quantitative estimate of drug-likeness (QED) is 0.871. The van der Waals surface area contributed by atoms with E-state index in [1.807, 2.05) is 12.1 Å². The topological polar surface area (TPSA) is 70.3 Å². The molecule has 1 saturated heterocycles. The van der Waals surface area contributed by atoms with Gasteiger partial charge in [0.25, 0.3) is 0 Å². The van der Waals surface area contributed by atoms with Crippen LogP contribution in [-0.2, 0) is 6.42 Å². The first-order chi connectivity index (χ1) is 12.8. The molecular weight excluding hydrogens is 331 g/mol. The van der Waals surface area contributed by atoms with Crippen molar-refractivity contribution >= 4 is 11.6 Å². The minimum atomic E-state index is -0.212. The monoisotopic (exact) mass is 356 g/mol. The highest BCUT2D eigenvalue weighted by Gasteiger charge is 2.27. The molecule has 0 amide bonds. The van der Waals surface area contributed by atoms with E-state index in [0.29, 0.717) is 6.54 Å². The van der Waals surface area contributed by atoms with Crippen molar-refractivity contribution in [2.24, 2.45) is 5.73 Å². The Morgan fingerprint density at radius 3 is 2.62 bits per heavy atom. The predicted molar refractivity (Wildman–Crippen MR) is 101 cm³/mol. The van der Waals surface area contributed by atoms with Gasteiger partial charge in [-0.1, -0.05) is 12.1 Å². The molecule has 138 valence electrons. The van der Waals surface area contributed by atoms with Gasteiger partial charge in [0.2, 0.25) is 0 Å². The summed E-state index contributed by atoms with van der Waals surface area (Å²) in [4.78, 5) is 13.7. The highest BCUT2D eigenvalue weighted by Crippen LogP contribution is 2.29. The molecule has 1 aromatic heterocycles. The van der Waals surface area contributed by atoms with Crippen molar-refractivity contribution in [1.29, 1.82) is 0 Å². The zero-order chi connectivity index (χ0) is 17.9. The Bertz CT molecular complexity index is 742. The molecule has 7 heteroatoms. The number of hydrogen-bond acceptors (Lipinski definition) is 6. The van der Waals surface area contributed by atoms with Crippen LogP contribution < -0.4 is 16.0 Å². The van der Waals surface area contributed by atoms with Crippen LogP contribution in [-0.4, -0.2) is 54.1 Å². The SMILES string of the molecule is NCC(c1ccc(F)cc1)N1CCN(c2ncnc3c2CCCN3)CC1.